The number of hydrogen-bond acceptors (Lipinski definition) is 4. The van der Waals surface area contributed by atoms with E-state index in [9.17, 15) is 8.78 Å². The summed E-state index contributed by atoms with van der Waals surface area (Å²) in [5.74, 6) is -2.04. The van der Waals surface area contributed by atoms with E-state index in [2.05, 4.69) is 5.32 Å². The van der Waals surface area contributed by atoms with Gasteiger partial charge in [-0.05, 0) is 12.1 Å². The molecule has 1 saturated heterocycles. The fraction of sp³-hybridized carbons (Fsp3) is 0.538. The maximum absolute atomic E-state index is 13.5. The number of alkyl halides is 2. The number of benzene rings is 1. The highest BCUT2D eigenvalue weighted by Crippen LogP contribution is 2.44. The Bertz CT molecular complexity index is 482. The third-order valence-electron chi connectivity index (χ3n) is 3.28. The molecular weight excluding hydrogens is 256 g/mol. The molecule has 1 N–H and O–H groups in total. The molecule has 2 aliphatic rings. The molecule has 1 aromatic rings. The number of morpholine rings is 1. The molecule has 1 unspecified atom stereocenters. The summed E-state index contributed by atoms with van der Waals surface area (Å²) in [6.45, 7) is 2.82. The molecule has 0 bridgehead atoms. The van der Waals surface area contributed by atoms with Crippen LogP contribution in [-0.4, -0.2) is 26.5 Å². The molecule has 0 amide bonds. The van der Waals surface area contributed by atoms with Crippen LogP contribution >= 0.6 is 0 Å². The van der Waals surface area contributed by atoms with Crippen LogP contribution in [0.5, 0.6) is 11.5 Å². The van der Waals surface area contributed by atoms with E-state index in [0.717, 1.165) is 13.5 Å². The minimum atomic E-state index is -2.92. The Kier molecular flexibility index (Phi) is 3.06. The van der Waals surface area contributed by atoms with Gasteiger partial charge in [-0.1, -0.05) is 0 Å². The summed E-state index contributed by atoms with van der Waals surface area (Å²) >= 11 is 0. The Balaban J connectivity index is 2.04. The van der Waals surface area contributed by atoms with Crippen molar-refractivity contribution < 1.29 is 23.0 Å². The topological polar surface area (TPSA) is 39.7 Å². The average Bonchev–Trinajstić information content (AvgIpc) is 2.85. The maximum Gasteiger partial charge on any atom is 0.270 e. The van der Waals surface area contributed by atoms with Crippen LogP contribution < -0.4 is 14.8 Å². The van der Waals surface area contributed by atoms with Gasteiger partial charge in [-0.25, -0.2) is 8.78 Å². The standard InChI is InChI=1S/C13H15F2NO3/c1-13(14,15)8-4-9(11-6-16-2-3-17-11)12-10(5-8)18-7-19-12/h4-5,11,16H,2-3,6-7H2,1H3. The predicted molar refractivity (Wildman–Crippen MR) is 63.7 cm³/mol. The lowest BCUT2D eigenvalue weighted by Crippen LogP contribution is -2.33. The van der Waals surface area contributed by atoms with Gasteiger partial charge in [-0.2, -0.15) is 0 Å². The second-order valence-corrected chi connectivity index (χ2v) is 4.75. The number of fused-ring (bicyclic) bond motifs is 1. The van der Waals surface area contributed by atoms with Crippen LogP contribution in [-0.2, 0) is 10.7 Å². The van der Waals surface area contributed by atoms with Gasteiger partial charge in [0.05, 0.1) is 12.7 Å². The van der Waals surface area contributed by atoms with E-state index in [1.165, 1.54) is 12.1 Å². The highest BCUT2D eigenvalue weighted by molar-refractivity contribution is 5.53. The van der Waals surface area contributed by atoms with Crippen LogP contribution in [0.4, 0.5) is 8.78 Å². The molecule has 0 saturated carbocycles. The molecule has 1 aromatic carbocycles. The molecule has 0 aliphatic carbocycles. The van der Waals surface area contributed by atoms with E-state index in [0.29, 0.717) is 30.2 Å². The molecular formula is C13H15F2NO3. The van der Waals surface area contributed by atoms with E-state index in [1.807, 2.05) is 0 Å². The molecule has 1 atom stereocenters. The van der Waals surface area contributed by atoms with Gasteiger partial charge in [0, 0.05) is 31.1 Å². The van der Waals surface area contributed by atoms with Crippen LogP contribution in [0, 0.1) is 0 Å². The second-order valence-electron chi connectivity index (χ2n) is 4.75. The first kappa shape index (κ1) is 12.6. The van der Waals surface area contributed by atoms with Crippen molar-refractivity contribution in [3.05, 3.63) is 23.3 Å². The van der Waals surface area contributed by atoms with Gasteiger partial charge >= 0.3 is 0 Å². The highest BCUT2D eigenvalue weighted by Gasteiger charge is 2.32. The minimum absolute atomic E-state index is 0.0568. The molecule has 2 aliphatic heterocycles. The van der Waals surface area contributed by atoms with Crippen molar-refractivity contribution in [1.82, 2.24) is 5.32 Å². The first-order valence-corrected chi connectivity index (χ1v) is 6.20. The molecule has 19 heavy (non-hydrogen) atoms. The van der Waals surface area contributed by atoms with Gasteiger partial charge in [0.2, 0.25) is 6.79 Å². The fourth-order valence-electron chi connectivity index (χ4n) is 2.30. The third-order valence-corrected chi connectivity index (χ3v) is 3.28. The molecule has 0 radical (unpaired) electrons. The van der Waals surface area contributed by atoms with Crippen molar-refractivity contribution >= 4 is 0 Å². The van der Waals surface area contributed by atoms with Crippen LogP contribution in [0.25, 0.3) is 0 Å². The van der Waals surface area contributed by atoms with E-state index >= 15 is 0 Å². The number of halogens is 2. The fourth-order valence-corrected chi connectivity index (χ4v) is 2.30. The Morgan fingerprint density at radius 2 is 2.16 bits per heavy atom. The summed E-state index contributed by atoms with van der Waals surface area (Å²) < 4.78 is 43.3. The molecule has 3 rings (SSSR count). The Hall–Kier alpha value is -1.40. The van der Waals surface area contributed by atoms with Crippen molar-refractivity contribution in [3.63, 3.8) is 0 Å². The van der Waals surface area contributed by atoms with Gasteiger partial charge in [-0.15, -0.1) is 0 Å². The van der Waals surface area contributed by atoms with Gasteiger partial charge in [0.15, 0.2) is 11.5 Å². The van der Waals surface area contributed by atoms with Crippen molar-refractivity contribution in [3.8, 4) is 11.5 Å². The zero-order valence-electron chi connectivity index (χ0n) is 10.5. The van der Waals surface area contributed by atoms with E-state index in [4.69, 9.17) is 14.2 Å². The number of nitrogens with one attached hydrogen (secondary N) is 1. The Morgan fingerprint density at radius 3 is 2.84 bits per heavy atom. The summed E-state index contributed by atoms with van der Waals surface area (Å²) in [6.07, 6.45) is -0.286. The van der Waals surface area contributed by atoms with E-state index < -0.39 is 5.92 Å². The molecule has 104 valence electrons. The first-order chi connectivity index (χ1) is 9.05. The maximum atomic E-state index is 13.5. The smallest absolute Gasteiger partial charge is 0.270 e. The lowest BCUT2D eigenvalue weighted by molar-refractivity contribution is 0.0147. The molecule has 4 nitrogen and oxygen atoms in total. The normalized spacial score (nSPS) is 22.6. The van der Waals surface area contributed by atoms with Crippen LogP contribution in [0.3, 0.4) is 0 Å². The number of hydrogen-bond donors (Lipinski definition) is 1. The molecule has 2 heterocycles. The SMILES string of the molecule is CC(F)(F)c1cc2c(c(C3CNCCO3)c1)OCO2. The quantitative estimate of drug-likeness (QED) is 0.895. The molecule has 1 fully saturated rings. The lowest BCUT2D eigenvalue weighted by Gasteiger charge is -2.25. The van der Waals surface area contributed by atoms with Gasteiger partial charge in [0.1, 0.15) is 0 Å². The summed E-state index contributed by atoms with van der Waals surface area (Å²) in [7, 11) is 0. The van der Waals surface area contributed by atoms with Gasteiger partial charge in [0.25, 0.3) is 5.92 Å². The summed E-state index contributed by atoms with van der Waals surface area (Å²) in [4.78, 5) is 0. The molecule has 0 aromatic heterocycles. The van der Waals surface area contributed by atoms with Gasteiger partial charge in [-0.3, -0.25) is 0 Å². The predicted octanol–water partition coefficient (Wildman–Crippen LogP) is 2.19. The van der Waals surface area contributed by atoms with Crippen molar-refractivity contribution in [2.75, 3.05) is 26.5 Å². The van der Waals surface area contributed by atoms with Crippen molar-refractivity contribution in [1.29, 1.82) is 0 Å². The number of ether oxygens (including phenoxy) is 3. The first-order valence-electron chi connectivity index (χ1n) is 6.20. The second kappa shape index (κ2) is 4.61. The van der Waals surface area contributed by atoms with Crippen LogP contribution in [0.2, 0.25) is 0 Å². The van der Waals surface area contributed by atoms with E-state index in [-0.39, 0.29) is 18.5 Å². The van der Waals surface area contributed by atoms with Crippen LogP contribution in [0.1, 0.15) is 24.2 Å². The molecule has 6 heteroatoms. The Labute approximate surface area is 109 Å². The zero-order valence-corrected chi connectivity index (χ0v) is 10.5. The zero-order chi connectivity index (χ0) is 13.5. The lowest BCUT2D eigenvalue weighted by atomic mass is 10.00. The van der Waals surface area contributed by atoms with Crippen molar-refractivity contribution in [2.24, 2.45) is 0 Å². The summed E-state index contributed by atoms with van der Waals surface area (Å²) in [6, 6.07) is 2.78. The Morgan fingerprint density at radius 1 is 1.32 bits per heavy atom. The minimum Gasteiger partial charge on any atom is -0.454 e. The average molecular weight is 271 g/mol. The summed E-state index contributed by atoms with van der Waals surface area (Å²) in [5.41, 5.74) is 0.541. The monoisotopic (exact) mass is 271 g/mol. The van der Waals surface area contributed by atoms with E-state index in [1.54, 1.807) is 0 Å². The molecule has 0 spiro atoms. The highest BCUT2D eigenvalue weighted by atomic mass is 19.3. The summed E-state index contributed by atoms with van der Waals surface area (Å²) in [5, 5.41) is 3.17. The number of rotatable bonds is 2. The largest absolute Gasteiger partial charge is 0.454 e. The van der Waals surface area contributed by atoms with Gasteiger partial charge < -0.3 is 19.5 Å². The van der Waals surface area contributed by atoms with Crippen molar-refractivity contribution in [2.45, 2.75) is 19.0 Å². The van der Waals surface area contributed by atoms with Crippen LogP contribution in [0.15, 0.2) is 12.1 Å². The third kappa shape index (κ3) is 2.37.